The quantitative estimate of drug-likeness (QED) is 0.484. The number of allylic oxidation sites excluding steroid dienone is 2. The molecule has 1 heterocycles. The number of carbonyl (C=O) groups excluding carboxylic acids is 1. The second kappa shape index (κ2) is 2.97. The molecule has 1 saturated heterocycles. The van der Waals surface area contributed by atoms with Crippen molar-refractivity contribution >= 4 is 5.97 Å². The zero-order valence-corrected chi connectivity index (χ0v) is 8.82. The summed E-state index contributed by atoms with van der Waals surface area (Å²) in [5.41, 5.74) is 1.31. The lowest BCUT2D eigenvalue weighted by molar-refractivity contribution is -0.145. The molecule has 0 spiro atoms. The van der Waals surface area contributed by atoms with Crippen molar-refractivity contribution in [2.75, 3.05) is 0 Å². The molecule has 2 heteroatoms. The van der Waals surface area contributed by atoms with Crippen LogP contribution in [0.1, 0.15) is 19.3 Å². The van der Waals surface area contributed by atoms with E-state index in [0.29, 0.717) is 17.8 Å². The summed E-state index contributed by atoms with van der Waals surface area (Å²) in [6, 6.07) is 0. The minimum atomic E-state index is 0.0223. The molecule has 0 aromatic heterocycles. The molecule has 0 radical (unpaired) electrons. The third-order valence-corrected chi connectivity index (χ3v) is 4.39. The van der Waals surface area contributed by atoms with Gasteiger partial charge in [0.25, 0.3) is 0 Å². The van der Waals surface area contributed by atoms with E-state index in [-0.39, 0.29) is 18.0 Å². The van der Waals surface area contributed by atoms with Crippen molar-refractivity contribution in [3.8, 4) is 0 Å². The molecule has 5 atom stereocenters. The summed E-state index contributed by atoms with van der Waals surface area (Å²) >= 11 is 0. The van der Waals surface area contributed by atoms with Crippen LogP contribution in [0.25, 0.3) is 0 Å². The molecule has 2 saturated carbocycles. The Balaban J connectivity index is 2.00. The van der Waals surface area contributed by atoms with Crippen LogP contribution in [-0.4, -0.2) is 12.1 Å². The smallest absolute Gasteiger partial charge is 0.309 e. The Bertz CT molecular complexity index is 344. The fraction of sp³-hybridized carbons (Fsp3) is 0.615. The van der Waals surface area contributed by atoms with Gasteiger partial charge in [0, 0.05) is 5.92 Å². The lowest BCUT2D eigenvalue weighted by atomic mass is 9.73. The number of esters is 1. The van der Waals surface area contributed by atoms with Crippen LogP contribution < -0.4 is 0 Å². The predicted molar refractivity (Wildman–Crippen MR) is 57.0 cm³/mol. The molecule has 3 aliphatic rings. The number of rotatable bonds is 1. The molecule has 0 N–H and O–H groups in total. The number of ether oxygens (including phenoxy) is 1. The van der Waals surface area contributed by atoms with Gasteiger partial charge in [0.2, 0.25) is 0 Å². The normalized spacial score (nSPS) is 47.6. The molecule has 3 fully saturated rings. The summed E-state index contributed by atoms with van der Waals surface area (Å²) < 4.78 is 5.43. The van der Waals surface area contributed by atoms with Gasteiger partial charge in [0.15, 0.2) is 0 Å². The Labute approximate surface area is 90.0 Å². The van der Waals surface area contributed by atoms with Gasteiger partial charge in [-0.15, -0.1) is 6.58 Å². The summed E-state index contributed by atoms with van der Waals surface area (Å²) in [5.74, 6) is 1.46. The van der Waals surface area contributed by atoms with Crippen LogP contribution in [-0.2, 0) is 9.53 Å². The minimum absolute atomic E-state index is 0.0223. The molecule has 2 nitrogen and oxygen atoms in total. The molecule has 15 heavy (non-hydrogen) atoms. The molecular formula is C13H16O2. The monoisotopic (exact) mass is 204 g/mol. The van der Waals surface area contributed by atoms with Gasteiger partial charge >= 0.3 is 5.97 Å². The van der Waals surface area contributed by atoms with Crippen molar-refractivity contribution < 1.29 is 9.53 Å². The summed E-state index contributed by atoms with van der Waals surface area (Å²) in [6.07, 6.45) is 5.09. The Morgan fingerprint density at radius 1 is 1.47 bits per heavy atom. The molecular weight excluding hydrogens is 188 g/mol. The van der Waals surface area contributed by atoms with Gasteiger partial charge in [0.1, 0.15) is 6.10 Å². The van der Waals surface area contributed by atoms with Crippen molar-refractivity contribution in [2.24, 2.45) is 23.7 Å². The fourth-order valence-corrected chi connectivity index (χ4v) is 3.75. The first-order chi connectivity index (χ1) is 7.22. The molecule has 0 aromatic carbocycles. The van der Waals surface area contributed by atoms with Gasteiger partial charge in [-0.05, 0) is 31.1 Å². The molecule has 0 aromatic rings. The second-order valence-corrected chi connectivity index (χ2v) is 5.02. The molecule has 3 rings (SSSR count). The van der Waals surface area contributed by atoms with Gasteiger partial charge in [-0.3, -0.25) is 4.79 Å². The van der Waals surface area contributed by atoms with Crippen LogP contribution in [0.3, 0.4) is 0 Å². The third-order valence-electron chi connectivity index (χ3n) is 4.39. The van der Waals surface area contributed by atoms with Crippen molar-refractivity contribution in [3.05, 3.63) is 24.8 Å². The first-order valence-corrected chi connectivity index (χ1v) is 5.73. The van der Waals surface area contributed by atoms with Gasteiger partial charge < -0.3 is 4.74 Å². The van der Waals surface area contributed by atoms with Crippen LogP contribution in [0.15, 0.2) is 24.8 Å². The van der Waals surface area contributed by atoms with E-state index in [2.05, 4.69) is 13.2 Å². The van der Waals surface area contributed by atoms with E-state index in [1.807, 2.05) is 6.08 Å². The van der Waals surface area contributed by atoms with Crippen LogP contribution in [0.2, 0.25) is 0 Å². The Morgan fingerprint density at radius 3 is 3.00 bits per heavy atom. The van der Waals surface area contributed by atoms with E-state index in [9.17, 15) is 4.79 Å². The van der Waals surface area contributed by atoms with Crippen molar-refractivity contribution in [2.45, 2.75) is 25.4 Å². The van der Waals surface area contributed by atoms with Gasteiger partial charge in [-0.1, -0.05) is 18.2 Å². The lowest BCUT2D eigenvalue weighted by Gasteiger charge is -2.33. The number of carbonyl (C=O) groups is 1. The maximum Gasteiger partial charge on any atom is 0.309 e. The van der Waals surface area contributed by atoms with Crippen LogP contribution in [0, 0.1) is 23.7 Å². The Kier molecular flexibility index (Phi) is 1.82. The highest BCUT2D eigenvalue weighted by Gasteiger charge is 2.57. The highest BCUT2D eigenvalue weighted by atomic mass is 16.6. The third kappa shape index (κ3) is 1.08. The second-order valence-electron chi connectivity index (χ2n) is 5.02. The van der Waals surface area contributed by atoms with E-state index in [1.165, 1.54) is 5.57 Å². The van der Waals surface area contributed by atoms with Crippen LogP contribution in [0.4, 0.5) is 0 Å². The minimum Gasteiger partial charge on any atom is -0.462 e. The van der Waals surface area contributed by atoms with E-state index in [4.69, 9.17) is 4.74 Å². The fourth-order valence-electron chi connectivity index (χ4n) is 3.75. The van der Waals surface area contributed by atoms with Gasteiger partial charge in [-0.2, -0.15) is 0 Å². The molecule has 0 amide bonds. The maximum absolute atomic E-state index is 11.7. The van der Waals surface area contributed by atoms with E-state index in [0.717, 1.165) is 19.3 Å². The molecule has 80 valence electrons. The molecule has 0 unspecified atom stereocenters. The molecule has 2 aliphatic carbocycles. The number of hydrogen-bond donors (Lipinski definition) is 0. The first-order valence-electron chi connectivity index (χ1n) is 5.73. The highest BCUT2D eigenvalue weighted by molar-refractivity contribution is 5.76. The summed E-state index contributed by atoms with van der Waals surface area (Å²) in [4.78, 5) is 11.7. The average molecular weight is 204 g/mol. The predicted octanol–water partition coefficient (Wildman–Crippen LogP) is 2.32. The standard InChI is InChI=1S/C13H16O2/c1-3-8-6-9-12-10(15-13(9)14)5-4-7(2)11(8)12/h3,8-12H,1-2,4-6H2/t8-,9-,10+,11+,12+/m0/s1. The lowest BCUT2D eigenvalue weighted by Crippen LogP contribution is -2.31. The molecule has 1 aliphatic heterocycles. The summed E-state index contributed by atoms with van der Waals surface area (Å²) in [7, 11) is 0. The zero-order valence-electron chi connectivity index (χ0n) is 8.82. The summed E-state index contributed by atoms with van der Waals surface area (Å²) in [5, 5.41) is 0. The van der Waals surface area contributed by atoms with Gasteiger partial charge in [-0.25, -0.2) is 0 Å². The van der Waals surface area contributed by atoms with E-state index >= 15 is 0 Å². The Morgan fingerprint density at radius 2 is 2.27 bits per heavy atom. The largest absolute Gasteiger partial charge is 0.462 e. The van der Waals surface area contributed by atoms with E-state index < -0.39 is 0 Å². The first kappa shape index (κ1) is 9.20. The van der Waals surface area contributed by atoms with Crippen LogP contribution >= 0.6 is 0 Å². The van der Waals surface area contributed by atoms with Crippen molar-refractivity contribution in [3.63, 3.8) is 0 Å². The maximum atomic E-state index is 11.7. The topological polar surface area (TPSA) is 26.3 Å². The highest BCUT2D eigenvalue weighted by Crippen LogP contribution is 2.55. The van der Waals surface area contributed by atoms with Crippen molar-refractivity contribution in [1.29, 1.82) is 0 Å². The van der Waals surface area contributed by atoms with E-state index in [1.54, 1.807) is 0 Å². The Hall–Kier alpha value is -1.05. The van der Waals surface area contributed by atoms with Crippen molar-refractivity contribution in [1.82, 2.24) is 0 Å². The molecule has 0 bridgehead atoms. The summed E-state index contributed by atoms with van der Waals surface area (Å²) in [6.45, 7) is 8.05. The zero-order chi connectivity index (χ0) is 10.6. The average Bonchev–Trinajstić information content (AvgIpc) is 2.74. The van der Waals surface area contributed by atoms with Gasteiger partial charge in [0.05, 0.1) is 5.92 Å². The van der Waals surface area contributed by atoms with Crippen LogP contribution in [0.5, 0.6) is 0 Å². The number of hydrogen-bond acceptors (Lipinski definition) is 2. The SMILES string of the molecule is C=C[C@H]1C[C@@H]2C(=O)O[C@@H]3CCC(=C)[C@H]1[C@H]23.